The summed E-state index contributed by atoms with van der Waals surface area (Å²) < 4.78 is 39.2. The second-order valence-corrected chi connectivity index (χ2v) is 6.29. The van der Waals surface area contributed by atoms with Crippen molar-refractivity contribution < 1.29 is 13.2 Å². The molecule has 0 aliphatic carbocycles. The zero-order chi connectivity index (χ0) is 18.2. The molecule has 126 valence electrons. The second kappa shape index (κ2) is 6.72. The van der Waals surface area contributed by atoms with Gasteiger partial charge in [-0.2, -0.15) is 18.4 Å². The number of rotatable bonds is 2. The minimum Gasteiger partial charge on any atom is -0.398 e. The third kappa shape index (κ3) is 3.41. The maximum Gasteiger partial charge on any atom is 0.417 e. The molecule has 0 radical (unpaired) electrons. The van der Waals surface area contributed by atoms with Crippen LogP contribution in [0.2, 0.25) is 15.1 Å². The molecule has 0 aromatic heterocycles. The molecule has 0 spiro atoms. The molecule has 2 aromatic carbocycles. The van der Waals surface area contributed by atoms with Crippen LogP contribution in [0.1, 0.15) is 24.0 Å². The van der Waals surface area contributed by atoms with Crippen LogP contribution in [-0.4, -0.2) is 0 Å². The molecule has 0 saturated carbocycles. The van der Waals surface area contributed by atoms with Crippen molar-refractivity contribution in [3.63, 3.8) is 0 Å². The molecule has 0 aliphatic rings. The van der Waals surface area contributed by atoms with Gasteiger partial charge in [-0.1, -0.05) is 40.9 Å². The molecule has 0 saturated heterocycles. The number of hydrogen-bond donors (Lipinski definition) is 1. The molecule has 1 unspecified atom stereocenters. The molecule has 2 N–H and O–H groups in total. The molecular weight excluding hydrogens is 384 g/mol. The average molecular weight is 394 g/mol. The molecule has 0 fully saturated rings. The van der Waals surface area contributed by atoms with Crippen molar-refractivity contribution in [2.24, 2.45) is 0 Å². The number of anilines is 1. The predicted octanol–water partition coefficient (Wildman–Crippen LogP) is 6.54. The van der Waals surface area contributed by atoms with Gasteiger partial charge in [0.2, 0.25) is 0 Å². The Hall–Kier alpha value is -1.61. The van der Waals surface area contributed by atoms with E-state index in [1.807, 2.05) is 6.07 Å². The lowest BCUT2D eigenvalue weighted by atomic mass is 9.94. The van der Waals surface area contributed by atoms with E-state index in [0.29, 0.717) is 5.56 Å². The van der Waals surface area contributed by atoms with Gasteiger partial charge < -0.3 is 5.73 Å². The lowest BCUT2D eigenvalue weighted by Gasteiger charge is -2.17. The number of alkyl halides is 3. The number of nitrogens with two attached hydrogens (primary N) is 1. The quantitative estimate of drug-likeness (QED) is 0.589. The van der Waals surface area contributed by atoms with Crippen LogP contribution in [0, 0.1) is 11.3 Å². The van der Waals surface area contributed by atoms with Gasteiger partial charge in [0.25, 0.3) is 0 Å². The van der Waals surface area contributed by atoms with E-state index in [1.54, 1.807) is 6.92 Å². The van der Waals surface area contributed by atoms with Crippen molar-refractivity contribution in [2.75, 3.05) is 5.73 Å². The molecule has 2 rings (SSSR count). The Morgan fingerprint density at radius 2 is 1.75 bits per heavy atom. The van der Waals surface area contributed by atoms with Crippen LogP contribution in [0.15, 0.2) is 24.3 Å². The topological polar surface area (TPSA) is 49.8 Å². The van der Waals surface area contributed by atoms with Crippen molar-refractivity contribution in [3.8, 4) is 17.2 Å². The van der Waals surface area contributed by atoms with Gasteiger partial charge in [0.1, 0.15) is 0 Å². The maximum atomic E-state index is 13.1. The van der Waals surface area contributed by atoms with Gasteiger partial charge in [-0.3, -0.25) is 0 Å². The van der Waals surface area contributed by atoms with Crippen LogP contribution in [0.25, 0.3) is 11.1 Å². The number of nitriles is 1. The Balaban J connectivity index is 2.77. The summed E-state index contributed by atoms with van der Waals surface area (Å²) in [6.45, 7) is 1.58. The minimum atomic E-state index is -4.62. The van der Waals surface area contributed by atoms with E-state index in [1.165, 1.54) is 12.1 Å². The first-order valence-corrected chi connectivity index (χ1v) is 7.75. The molecule has 1 atom stereocenters. The number of hydrogen-bond acceptors (Lipinski definition) is 2. The summed E-state index contributed by atoms with van der Waals surface area (Å²) in [6.07, 6.45) is -4.62. The van der Waals surface area contributed by atoms with Gasteiger partial charge in [0.05, 0.1) is 27.6 Å². The highest BCUT2D eigenvalue weighted by molar-refractivity contribution is 6.39. The maximum absolute atomic E-state index is 13.1. The summed E-state index contributed by atoms with van der Waals surface area (Å²) in [4.78, 5) is 0. The van der Waals surface area contributed by atoms with E-state index in [4.69, 9.17) is 45.8 Å². The number of nitrogen functional groups attached to an aromatic ring is 1. The van der Waals surface area contributed by atoms with Gasteiger partial charge >= 0.3 is 6.18 Å². The summed E-state index contributed by atoms with van der Waals surface area (Å²) in [5, 5.41) is 8.89. The molecule has 2 aromatic rings. The second-order valence-electron chi connectivity index (χ2n) is 5.09. The Kier molecular flexibility index (Phi) is 5.24. The monoisotopic (exact) mass is 392 g/mol. The summed E-state index contributed by atoms with van der Waals surface area (Å²) >= 11 is 18.0. The molecule has 0 heterocycles. The number of benzene rings is 2. The summed E-state index contributed by atoms with van der Waals surface area (Å²) in [6, 6.07) is 6.73. The van der Waals surface area contributed by atoms with Gasteiger partial charge in [-0.05, 0) is 30.7 Å². The summed E-state index contributed by atoms with van der Waals surface area (Å²) in [5.41, 5.74) is 5.63. The fraction of sp³-hybridized carbons (Fsp3) is 0.188. The standard InChI is InChI=1S/C16H10Cl3F3N2/c1-7(6-23)13-11(18)5-12(24)14(15(13)19)8-2-3-10(17)9(4-8)16(20,21)22/h2-5,7H,24H2,1H3. The highest BCUT2D eigenvalue weighted by atomic mass is 35.5. The SMILES string of the molecule is CC(C#N)c1c(Cl)cc(N)c(-c2ccc(Cl)c(C(F)(F)F)c2)c1Cl. The Morgan fingerprint density at radius 3 is 2.29 bits per heavy atom. The largest absolute Gasteiger partial charge is 0.417 e. The van der Waals surface area contributed by atoms with Gasteiger partial charge in [-0.25, -0.2) is 0 Å². The molecule has 8 heteroatoms. The van der Waals surface area contributed by atoms with Crippen LogP contribution >= 0.6 is 34.8 Å². The van der Waals surface area contributed by atoms with Crippen LogP contribution in [0.5, 0.6) is 0 Å². The number of nitrogens with zero attached hydrogens (tertiary/aromatic N) is 1. The van der Waals surface area contributed by atoms with Gasteiger partial charge in [0.15, 0.2) is 0 Å². The van der Waals surface area contributed by atoms with Crippen LogP contribution < -0.4 is 5.73 Å². The van der Waals surface area contributed by atoms with E-state index in [9.17, 15) is 13.2 Å². The predicted molar refractivity (Wildman–Crippen MR) is 90.4 cm³/mol. The Labute approximate surface area is 151 Å². The normalized spacial score (nSPS) is 12.8. The zero-order valence-electron chi connectivity index (χ0n) is 12.2. The van der Waals surface area contributed by atoms with Gasteiger partial charge in [0, 0.05) is 21.8 Å². The molecular formula is C16H10Cl3F3N2. The lowest BCUT2D eigenvalue weighted by Crippen LogP contribution is -2.06. The third-order valence-electron chi connectivity index (χ3n) is 3.47. The highest BCUT2D eigenvalue weighted by Crippen LogP contribution is 2.44. The fourth-order valence-corrected chi connectivity index (χ4v) is 3.44. The van der Waals surface area contributed by atoms with Crippen molar-refractivity contribution in [1.82, 2.24) is 0 Å². The van der Waals surface area contributed by atoms with Crippen LogP contribution in [-0.2, 0) is 6.18 Å². The summed E-state index contributed by atoms with van der Waals surface area (Å²) in [5.74, 6) is -0.654. The fourth-order valence-electron chi connectivity index (χ4n) is 2.31. The molecule has 2 nitrogen and oxygen atoms in total. The zero-order valence-corrected chi connectivity index (χ0v) is 14.4. The van der Waals surface area contributed by atoms with E-state index < -0.39 is 22.7 Å². The van der Waals surface area contributed by atoms with E-state index in [-0.39, 0.29) is 26.9 Å². The Bertz CT molecular complexity index is 842. The van der Waals surface area contributed by atoms with Crippen LogP contribution in [0.3, 0.4) is 0 Å². The van der Waals surface area contributed by atoms with Crippen molar-refractivity contribution >= 4 is 40.5 Å². The first kappa shape index (κ1) is 18.7. The van der Waals surface area contributed by atoms with Crippen molar-refractivity contribution in [3.05, 3.63) is 50.5 Å². The van der Waals surface area contributed by atoms with Crippen molar-refractivity contribution in [2.45, 2.75) is 19.0 Å². The van der Waals surface area contributed by atoms with Gasteiger partial charge in [-0.15, -0.1) is 0 Å². The first-order chi connectivity index (χ1) is 11.1. The van der Waals surface area contributed by atoms with Crippen molar-refractivity contribution in [1.29, 1.82) is 5.26 Å². The minimum absolute atomic E-state index is 0.0458. The van der Waals surface area contributed by atoms with E-state index in [0.717, 1.165) is 12.1 Å². The highest BCUT2D eigenvalue weighted by Gasteiger charge is 2.34. The third-order valence-corrected chi connectivity index (χ3v) is 4.51. The Morgan fingerprint density at radius 1 is 1.12 bits per heavy atom. The average Bonchev–Trinajstić information content (AvgIpc) is 2.46. The lowest BCUT2D eigenvalue weighted by molar-refractivity contribution is -0.137. The molecule has 0 bridgehead atoms. The molecule has 0 amide bonds. The van der Waals surface area contributed by atoms with E-state index >= 15 is 0 Å². The smallest absolute Gasteiger partial charge is 0.398 e. The molecule has 0 aliphatic heterocycles. The molecule has 24 heavy (non-hydrogen) atoms. The summed E-state index contributed by atoms with van der Waals surface area (Å²) in [7, 11) is 0. The first-order valence-electron chi connectivity index (χ1n) is 6.62. The number of halogens is 6. The van der Waals surface area contributed by atoms with Crippen LogP contribution in [0.4, 0.5) is 18.9 Å². The van der Waals surface area contributed by atoms with E-state index in [2.05, 4.69) is 0 Å².